The minimum Gasteiger partial charge on any atom is -0.390 e. The number of likely N-dealkylation sites (tertiary alicyclic amines) is 1. The summed E-state index contributed by atoms with van der Waals surface area (Å²) in [5.74, 6) is 0.143. The van der Waals surface area contributed by atoms with E-state index in [1.54, 1.807) is 0 Å². The molecule has 1 unspecified atom stereocenters. The summed E-state index contributed by atoms with van der Waals surface area (Å²) in [6.07, 6.45) is 4.86. The summed E-state index contributed by atoms with van der Waals surface area (Å²) in [5.41, 5.74) is -0.540. The van der Waals surface area contributed by atoms with Crippen molar-refractivity contribution in [3.05, 3.63) is 0 Å². The van der Waals surface area contributed by atoms with Crippen molar-refractivity contribution in [2.75, 3.05) is 19.6 Å². The van der Waals surface area contributed by atoms with Gasteiger partial charge in [-0.1, -0.05) is 0 Å². The molecule has 1 aliphatic carbocycles. The molecule has 1 atom stereocenters. The van der Waals surface area contributed by atoms with E-state index in [9.17, 15) is 9.90 Å². The maximum absolute atomic E-state index is 11.6. The second-order valence-electron chi connectivity index (χ2n) is 5.47. The van der Waals surface area contributed by atoms with E-state index in [1.807, 2.05) is 6.92 Å². The van der Waals surface area contributed by atoms with E-state index in [0.29, 0.717) is 12.6 Å². The van der Waals surface area contributed by atoms with E-state index in [1.165, 1.54) is 0 Å². The molecular weight excluding hydrogens is 204 g/mol. The summed E-state index contributed by atoms with van der Waals surface area (Å²) in [5, 5.41) is 12.9. The van der Waals surface area contributed by atoms with E-state index >= 15 is 0 Å². The third kappa shape index (κ3) is 3.76. The van der Waals surface area contributed by atoms with Crippen molar-refractivity contribution in [3.8, 4) is 0 Å². The second-order valence-corrected chi connectivity index (χ2v) is 5.47. The number of carbonyl (C=O) groups excluding carboxylic acids is 1. The zero-order chi connectivity index (χ0) is 11.6. The van der Waals surface area contributed by atoms with E-state index in [0.717, 1.165) is 45.2 Å². The van der Waals surface area contributed by atoms with Crippen LogP contribution in [0.1, 0.15) is 39.0 Å². The first-order chi connectivity index (χ1) is 7.55. The van der Waals surface area contributed by atoms with Gasteiger partial charge in [0.25, 0.3) is 0 Å². The van der Waals surface area contributed by atoms with Gasteiger partial charge in [0.15, 0.2) is 0 Å². The number of rotatable bonds is 3. The summed E-state index contributed by atoms with van der Waals surface area (Å²) >= 11 is 0. The van der Waals surface area contributed by atoms with Gasteiger partial charge in [0, 0.05) is 12.6 Å². The van der Waals surface area contributed by atoms with Crippen LogP contribution in [0.3, 0.4) is 0 Å². The molecule has 1 aliphatic heterocycles. The fourth-order valence-electron chi connectivity index (χ4n) is 2.18. The molecule has 2 N–H and O–H groups in total. The van der Waals surface area contributed by atoms with Gasteiger partial charge in [-0.15, -0.1) is 0 Å². The number of nitrogens with zero attached hydrogens (tertiary/aromatic N) is 1. The highest BCUT2D eigenvalue weighted by atomic mass is 16.3. The molecule has 1 heterocycles. The van der Waals surface area contributed by atoms with Gasteiger partial charge in [-0.2, -0.15) is 0 Å². The standard InChI is InChI=1S/C12H22N2O2/c1-12(16)5-2-7-14(8-6-12)9-11(15)13-10-3-4-10/h10,16H,2-9H2,1H3,(H,13,15). The molecule has 1 saturated heterocycles. The predicted octanol–water partition coefficient (Wildman–Crippen LogP) is 0.502. The fourth-order valence-corrected chi connectivity index (χ4v) is 2.18. The number of aliphatic hydroxyl groups is 1. The summed E-state index contributed by atoms with van der Waals surface area (Å²) in [6.45, 7) is 4.13. The normalized spacial score (nSPS) is 32.1. The largest absolute Gasteiger partial charge is 0.390 e. The summed E-state index contributed by atoms with van der Waals surface area (Å²) < 4.78 is 0. The molecule has 4 nitrogen and oxygen atoms in total. The fraction of sp³-hybridized carbons (Fsp3) is 0.917. The Hall–Kier alpha value is -0.610. The van der Waals surface area contributed by atoms with Crippen LogP contribution in [0.2, 0.25) is 0 Å². The lowest BCUT2D eigenvalue weighted by Crippen LogP contribution is -2.39. The molecule has 0 spiro atoms. The Balaban J connectivity index is 1.74. The van der Waals surface area contributed by atoms with Gasteiger partial charge < -0.3 is 10.4 Å². The number of hydrogen-bond acceptors (Lipinski definition) is 3. The molecule has 4 heteroatoms. The molecule has 16 heavy (non-hydrogen) atoms. The van der Waals surface area contributed by atoms with Crippen molar-refractivity contribution in [2.45, 2.75) is 50.7 Å². The Bertz CT molecular complexity index is 262. The molecule has 92 valence electrons. The lowest BCUT2D eigenvalue weighted by Gasteiger charge is -2.22. The minimum absolute atomic E-state index is 0.143. The Morgan fingerprint density at radius 3 is 2.88 bits per heavy atom. The SMILES string of the molecule is CC1(O)CCCN(CC(=O)NC2CC2)CC1. The number of amides is 1. The Kier molecular flexibility index (Phi) is 3.50. The van der Waals surface area contributed by atoms with Crippen LogP contribution in [-0.4, -0.2) is 47.2 Å². The van der Waals surface area contributed by atoms with Crippen LogP contribution < -0.4 is 5.32 Å². The van der Waals surface area contributed by atoms with Crippen LogP contribution in [0, 0.1) is 0 Å². The van der Waals surface area contributed by atoms with Crippen molar-refractivity contribution in [1.29, 1.82) is 0 Å². The number of hydrogen-bond donors (Lipinski definition) is 2. The molecule has 2 aliphatic rings. The first-order valence-corrected chi connectivity index (χ1v) is 6.29. The van der Waals surface area contributed by atoms with Crippen LogP contribution >= 0.6 is 0 Å². The molecule has 0 bridgehead atoms. The average molecular weight is 226 g/mol. The first kappa shape index (κ1) is 11.9. The Labute approximate surface area is 97.0 Å². The van der Waals surface area contributed by atoms with Gasteiger partial charge in [0.2, 0.25) is 5.91 Å². The molecule has 0 aromatic rings. The third-order valence-corrected chi connectivity index (χ3v) is 3.47. The maximum atomic E-state index is 11.6. The zero-order valence-electron chi connectivity index (χ0n) is 10.0. The summed E-state index contributed by atoms with van der Waals surface area (Å²) in [7, 11) is 0. The quantitative estimate of drug-likeness (QED) is 0.737. The van der Waals surface area contributed by atoms with Crippen LogP contribution in [0.5, 0.6) is 0 Å². The van der Waals surface area contributed by atoms with E-state index in [4.69, 9.17) is 0 Å². The molecule has 1 amide bonds. The molecule has 2 fully saturated rings. The molecule has 0 radical (unpaired) electrons. The molecule has 1 saturated carbocycles. The molecule has 0 aromatic heterocycles. The van der Waals surface area contributed by atoms with E-state index < -0.39 is 5.60 Å². The number of carbonyl (C=O) groups is 1. The van der Waals surface area contributed by atoms with Crippen molar-refractivity contribution in [2.24, 2.45) is 0 Å². The Morgan fingerprint density at radius 2 is 2.19 bits per heavy atom. The van der Waals surface area contributed by atoms with Crippen LogP contribution in [0.15, 0.2) is 0 Å². The van der Waals surface area contributed by atoms with Gasteiger partial charge in [-0.05, 0) is 45.6 Å². The van der Waals surface area contributed by atoms with Crippen molar-refractivity contribution in [3.63, 3.8) is 0 Å². The topological polar surface area (TPSA) is 52.6 Å². The highest BCUT2D eigenvalue weighted by molar-refractivity contribution is 5.78. The third-order valence-electron chi connectivity index (χ3n) is 3.47. The predicted molar refractivity (Wildman–Crippen MR) is 62.1 cm³/mol. The van der Waals surface area contributed by atoms with Gasteiger partial charge in [0.05, 0.1) is 12.1 Å². The monoisotopic (exact) mass is 226 g/mol. The zero-order valence-corrected chi connectivity index (χ0v) is 10.0. The van der Waals surface area contributed by atoms with Crippen LogP contribution in [0.4, 0.5) is 0 Å². The van der Waals surface area contributed by atoms with Crippen LogP contribution in [-0.2, 0) is 4.79 Å². The molecular formula is C12H22N2O2. The van der Waals surface area contributed by atoms with Crippen molar-refractivity contribution >= 4 is 5.91 Å². The molecule has 2 rings (SSSR count). The minimum atomic E-state index is -0.540. The van der Waals surface area contributed by atoms with Gasteiger partial charge in [-0.3, -0.25) is 9.69 Å². The molecule has 0 aromatic carbocycles. The van der Waals surface area contributed by atoms with Crippen LogP contribution in [0.25, 0.3) is 0 Å². The van der Waals surface area contributed by atoms with Crippen molar-refractivity contribution in [1.82, 2.24) is 10.2 Å². The number of nitrogens with one attached hydrogen (secondary N) is 1. The summed E-state index contributed by atoms with van der Waals surface area (Å²) in [6, 6.07) is 0.447. The highest BCUT2D eigenvalue weighted by Crippen LogP contribution is 2.21. The summed E-state index contributed by atoms with van der Waals surface area (Å²) in [4.78, 5) is 13.8. The lowest BCUT2D eigenvalue weighted by atomic mass is 9.98. The second kappa shape index (κ2) is 4.72. The van der Waals surface area contributed by atoms with E-state index in [-0.39, 0.29) is 5.91 Å². The first-order valence-electron chi connectivity index (χ1n) is 6.29. The van der Waals surface area contributed by atoms with Crippen molar-refractivity contribution < 1.29 is 9.90 Å². The van der Waals surface area contributed by atoms with Gasteiger partial charge >= 0.3 is 0 Å². The Morgan fingerprint density at radius 1 is 1.44 bits per heavy atom. The van der Waals surface area contributed by atoms with E-state index in [2.05, 4.69) is 10.2 Å². The van der Waals surface area contributed by atoms with Gasteiger partial charge in [0.1, 0.15) is 0 Å². The average Bonchev–Trinajstić information content (AvgIpc) is 2.97. The lowest BCUT2D eigenvalue weighted by molar-refractivity contribution is -0.122. The van der Waals surface area contributed by atoms with Gasteiger partial charge in [-0.25, -0.2) is 0 Å². The smallest absolute Gasteiger partial charge is 0.234 e. The highest BCUT2D eigenvalue weighted by Gasteiger charge is 2.27. The maximum Gasteiger partial charge on any atom is 0.234 e.